The maximum Gasteiger partial charge on any atom is 0.233 e. The first-order chi connectivity index (χ1) is 4.48. The number of hydrogen-bond acceptors (Lipinski definition) is 3. The van der Waals surface area contributed by atoms with E-state index < -0.39 is 10.5 Å². The van der Waals surface area contributed by atoms with Gasteiger partial charge in [-0.15, -0.1) is 0 Å². The molecule has 0 fully saturated rings. The van der Waals surface area contributed by atoms with E-state index in [4.69, 9.17) is 4.74 Å². The van der Waals surface area contributed by atoms with Crippen LogP contribution in [0, 0.1) is 10.1 Å². The van der Waals surface area contributed by atoms with Gasteiger partial charge in [-0.25, -0.2) is 0 Å². The van der Waals surface area contributed by atoms with Crippen molar-refractivity contribution in [1.82, 2.24) is 0 Å². The molecule has 0 spiro atoms. The van der Waals surface area contributed by atoms with Crippen LogP contribution in [0.1, 0.15) is 13.8 Å². The summed E-state index contributed by atoms with van der Waals surface area (Å²) in [5.41, 5.74) is -0.549. The first kappa shape index (κ1) is 9.10. The topological polar surface area (TPSA) is 52.4 Å². The molecule has 0 amide bonds. The lowest BCUT2D eigenvalue weighted by Crippen LogP contribution is -2.18. The lowest BCUT2D eigenvalue weighted by Gasteiger charge is -2.15. The molecule has 0 aromatic carbocycles. The number of rotatable bonds is 3. The molecule has 10 heavy (non-hydrogen) atoms. The zero-order valence-corrected chi connectivity index (χ0v) is 6.33. The van der Waals surface area contributed by atoms with Crippen molar-refractivity contribution >= 4 is 0 Å². The summed E-state index contributed by atoms with van der Waals surface area (Å²) in [6.07, 6.45) is 2.27. The molecule has 0 rings (SSSR count). The van der Waals surface area contributed by atoms with E-state index in [9.17, 15) is 10.1 Å². The molecule has 0 bridgehead atoms. The van der Waals surface area contributed by atoms with Gasteiger partial charge in [-0.3, -0.25) is 10.1 Å². The summed E-state index contributed by atoms with van der Waals surface area (Å²) in [4.78, 5) is 9.31. The molecule has 0 aliphatic heterocycles. The maximum absolute atomic E-state index is 9.83. The molecule has 0 saturated heterocycles. The minimum atomic E-state index is -0.549. The fourth-order valence-electron chi connectivity index (χ4n) is 0.308. The zero-order valence-electron chi connectivity index (χ0n) is 6.33. The van der Waals surface area contributed by atoms with Gasteiger partial charge in [-0.05, 0) is 13.8 Å². The second-order valence-corrected chi connectivity index (χ2v) is 2.41. The fraction of sp³-hybridized carbons (Fsp3) is 0.667. The van der Waals surface area contributed by atoms with Crippen LogP contribution in [0.5, 0.6) is 0 Å². The molecule has 4 nitrogen and oxygen atoms in total. The largest absolute Gasteiger partial charge is 0.374 e. The van der Waals surface area contributed by atoms with Crippen LogP contribution < -0.4 is 0 Å². The summed E-state index contributed by atoms with van der Waals surface area (Å²) >= 11 is 0. The molecular weight excluding hydrogens is 134 g/mol. The molecule has 0 unspecified atom stereocenters. The van der Waals surface area contributed by atoms with Crippen LogP contribution in [0.4, 0.5) is 0 Å². The van der Waals surface area contributed by atoms with Crippen LogP contribution in [0.15, 0.2) is 12.3 Å². The van der Waals surface area contributed by atoms with Crippen molar-refractivity contribution in [2.45, 2.75) is 19.4 Å². The Hall–Kier alpha value is -0.900. The molecule has 0 aliphatic carbocycles. The molecule has 0 atom stereocenters. The number of methoxy groups -OCH3 is 1. The molecule has 0 aromatic heterocycles. The predicted molar refractivity (Wildman–Crippen MR) is 37.2 cm³/mol. The quantitative estimate of drug-likeness (QED) is 0.443. The monoisotopic (exact) mass is 145 g/mol. The van der Waals surface area contributed by atoms with E-state index in [2.05, 4.69) is 0 Å². The van der Waals surface area contributed by atoms with Crippen molar-refractivity contribution in [3.63, 3.8) is 0 Å². The average molecular weight is 145 g/mol. The van der Waals surface area contributed by atoms with E-state index in [1.165, 1.54) is 13.2 Å². The van der Waals surface area contributed by atoms with Gasteiger partial charge in [0.2, 0.25) is 6.20 Å². The van der Waals surface area contributed by atoms with Crippen LogP contribution in [-0.2, 0) is 4.74 Å². The molecule has 0 N–H and O–H groups in total. The third-order valence-electron chi connectivity index (χ3n) is 1.12. The second-order valence-electron chi connectivity index (χ2n) is 2.41. The van der Waals surface area contributed by atoms with Gasteiger partial charge in [0.25, 0.3) is 0 Å². The standard InChI is InChI=1S/C6H11NO3/c1-6(2,10-3)4-5-7(8)9/h4-5H,1-3H3/b5-4+. The molecule has 0 saturated carbocycles. The van der Waals surface area contributed by atoms with Gasteiger partial charge < -0.3 is 4.74 Å². The van der Waals surface area contributed by atoms with Gasteiger partial charge in [0.15, 0.2) is 0 Å². The Kier molecular flexibility index (Phi) is 3.02. The summed E-state index contributed by atoms with van der Waals surface area (Å²) in [7, 11) is 1.50. The van der Waals surface area contributed by atoms with Crippen LogP contribution >= 0.6 is 0 Å². The Morgan fingerprint density at radius 1 is 1.60 bits per heavy atom. The molecule has 0 radical (unpaired) electrons. The lowest BCUT2D eigenvalue weighted by molar-refractivity contribution is -0.403. The van der Waals surface area contributed by atoms with Gasteiger partial charge in [0.1, 0.15) is 0 Å². The SMILES string of the molecule is COC(C)(C)/C=C/[N+](=O)[O-]. The van der Waals surface area contributed by atoms with Crippen LogP contribution in [0.2, 0.25) is 0 Å². The first-order valence-corrected chi connectivity index (χ1v) is 2.86. The fourth-order valence-corrected chi connectivity index (χ4v) is 0.308. The number of nitro groups is 1. The highest BCUT2D eigenvalue weighted by Gasteiger charge is 2.12. The molecule has 0 heterocycles. The average Bonchev–Trinajstić information content (AvgIpc) is 1.85. The highest BCUT2D eigenvalue weighted by molar-refractivity contribution is 4.91. The van der Waals surface area contributed by atoms with Crippen LogP contribution in [-0.4, -0.2) is 17.6 Å². The zero-order chi connectivity index (χ0) is 8.20. The Labute approximate surface area is 59.6 Å². The summed E-state index contributed by atoms with van der Waals surface area (Å²) in [5.74, 6) is 0. The molecule has 0 aromatic rings. The van der Waals surface area contributed by atoms with Gasteiger partial charge in [0, 0.05) is 13.2 Å². The van der Waals surface area contributed by atoms with E-state index in [0.29, 0.717) is 0 Å². The Balaban J connectivity index is 3.99. The van der Waals surface area contributed by atoms with Crippen LogP contribution in [0.3, 0.4) is 0 Å². The van der Waals surface area contributed by atoms with Crippen molar-refractivity contribution in [1.29, 1.82) is 0 Å². The molecular formula is C6H11NO3. The number of nitrogens with zero attached hydrogens (tertiary/aromatic N) is 1. The summed E-state index contributed by atoms with van der Waals surface area (Å²) in [6.45, 7) is 3.49. The van der Waals surface area contributed by atoms with E-state index in [0.717, 1.165) is 6.20 Å². The first-order valence-electron chi connectivity index (χ1n) is 2.86. The van der Waals surface area contributed by atoms with E-state index in [1.54, 1.807) is 13.8 Å². The van der Waals surface area contributed by atoms with E-state index in [-0.39, 0.29) is 0 Å². The van der Waals surface area contributed by atoms with Crippen molar-refractivity contribution in [2.75, 3.05) is 7.11 Å². The van der Waals surface area contributed by atoms with E-state index >= 15 is 0 Å². The van der Waals surface area contributed by atoms with Gasteiger partial charge in [-0.2, -0.15) is 0 Å². The normalized spacial score (nSPS) is 12.3. The van der Waals surface area contributed by atoms with Gasteiger partial charge in [0.05, 0.1) is 10.5 Å². The van der Waals surface area contributed by atoms with Gasteiger partial charge in [-0.1, -0.05) is 0 Å². The number of ether oxygens (including phenoxy) is 1. The minimum Gasteiger partial charge on any atom is -0.374 e. The summed E-state index contributed by atoms with van der Waals surface area (Å²) < 4.78 is 4.90. The Bertz CT molecular complexity index is 151. The molecule has 4 heteroatoms. The Morgan fingerprint density at radius 2 is 2.10 bits per heavy atom. The summed E-state index contributed by atoms with van der Waals surface area (Å²) in [5, 5.41) is 9.83. The third kappa shape index (κ3) is 4.03. The van der Waals surface area contributed by atoms with Crippen molar-refractivity contribution < 1.29 is 9.66 Å². The van der Waals surface area contributed by atoms with Crippen molar-refractivity contribution in [3.8, 4) is 0 Å². The highest BCUT2D eigenvalue weighted by Crippen LogP contribution is 2.08. The maximum atomic E-state index is 9.83. The van der Waals surface area contributed by atoms with E-state index in [1.807, 2.05) is 0 Å². The van der Waals surface area contributed by atoms with Crippen molar-refractivity contribution in [2.24, 2.45) is 0 Å². The number of hydrogen-bond donors (Lipinski definition) is 0. The predicted octanol–water partition coefficient (Wildman–Crippen LogP) is 1.20. The van der Waals surface area contributed by atoms with Crippen LogP contribution in [0.25, 0.3) is 0 Å². The van der Waals surface area contributed by atoms with Crippen molar-refractivity contribution in [3.05, 3.63) is 22.4 Å². The molecule has 58 valence electrons. The smallest absolute Gasteiger partial charge is 0.233 e. The summed E-state index contributed by atoms with van der Waals surface area (Å²) in [6, 6.07) is 0. The highest BCUT2D eigenvalue weighted by atomic mass is 16.6. The Morgan fingerprint density at radius 3 is 2.40 bits per heavy atom. The van der Waals surface area contributed by atoms with Gasteiger partial charge >= 0.3 is 0 Å². The molecule has 0 aliphatic rings. The second kappa shape index (κ2) is 3.31. The third-order valence-corrected chi connectivity index (χ3v) is 1.12. The minimum absolute atomic E-state index is 0.513. The lowest BCUT2D eigenvalue weighted by atomic mass is 10.1.